The molecule has 0 unspecified atom stereocenters. The van der Waals surface area contributed by atoms with Gasteiger partial charge in [-0.15, -0.1) is 0 Å². The number of hydrogen-bond donors (Lipinski definition) is 2. The molecule has 43 heavy (non-hydrogen) atoms. The summed E-state index contributed by atoms with van der Waals surface area (Å²) in [5.74, 6) is -5.95. The monoisotopic (exact) mass is 600 g/mol. The number of rotatable bonds is 5. The molecule has 1 aliphatic heterocycles. The van der Waals surface area contributed by atoms with E-state index < -0.39 is 64.7 Å². The van der Waals surface area contributed by atoms with Crippen LogP contribution in [-0.2, 0) is 18.8 Å². The van der Waals surface area contributed by atoms with E-state index in [4.69, 9.17) is 9.31 Å². The zero-order chi connectivity index (χ0) is 31.7. The van der Waals surface area contributed by atoms with E-state index in [1.54, 1.807) is 30.5 Å². The van der Waals surface area contributed by atoms with Crippen molar-refractivity contribution in [3.63, 3.8) is 0 Å². The molecule has 1 aliphatic rings. The van der Waals surface area contributed by atoms with Gasteiger partial charge in [-0.1, -0.05) is 0 Å². The maximum atomic E-state index is 14.1. The fourth-order valence-electron chi connectivity index (χ4n) is 4.25. The number of methoxy groups -OCH3 is 2. The van der Waals surface area contributed by atoms with Gasteiger partial charge in [0, 0.05) is 34.3 Å². The number of H-pyrrole nitrogens is 2. The van der Waals surface area contributed by atoms with Crippen LogP contribution in [-0.4, -0.2) is 54.4 Å². The highest BCUT2D eigenvalue weighted by molar-refractivity contribution is 6.61. The van der Waals surface area contributed by atoms with Crippen molar-refractivity contribution in [3.8, 4) is 22.5 Å². The largest absolute Gasteiger partial charge is 0.512 e. The molecule has 0 atom stereocenters. The van der Waals surface area contributed by atoms with E-state index in [1.807, 2.05) is 27.7 Å². The molecule has 0 saturated carbocycles. The van der Waals surface area contributed by atoms with Crippen molar-refractivity contribution in [3.05, 3.63) is 89.1 Å². The third kappa shape index (κ3) is 6.37. The topological polar surface area (TPSA) is 103 Å². The number of ether oxygens (including phenoxy) is 2. The second-order valence-corrected chi connectivity index (χ2v) is 10.6. The number of nitrogens with one attached hydrogen (secondary N) is 2. The Morgan fingerprint density at radius 3 is 1.56 bits per heavy atom. The number of halogens is 4. The van der Waals surface area contributed by atoms with Crippen LogP contribution in [0.25, 0.3) is 22.5 Å². The van der Waals surface area contributed by atoms with Gasteiger partial charge in [0.2, 0.25) is 0 Å². The van der Waals surface area contributed by atoms with E-state index in [0.29, 0.717) is 22.5 Å². The molecule has 2 aromatic carbocycles. The zero-order valence-electron chi connectivity index (χ0n) is 24.2. The minimum absolute atomic E-state index is 0.260. The van der Waals surface area contributed by atoms with Crippen LogP contribution in [0.4, 0.5) is 17.6 Å². The third-order valence-corrected chi connectivity index (χ3v) is 7.30. The molecule has 13 heteroatoms. The summed E-state index contributed by atoms with van der Waals surface area (Å²) < 4.78 is 76.0. The highest BCUT2D eigenvalue weighted by Crippen LogP contribution is 2.36. The van der Waals surface area contributed by atoms with E-state index in [2.05, 4.69) is 19.4 Å². The van der Waals surface area contributed by atoms with Crippen molar-refractivity contribution < 1.29 is 45.9 Å². The second-order valence-electron chi connectivity index (χ2n) is 10.6. The lowest BCUT2D eigenvalue weighted by atomic mass is 9.85. The molecule has 8 nitrogen and oxygen atoms in total. The Kier molecular flexibility index (Phi) is 8.88. The third-order valence-electron chi connectivity index (χ3n) is 7.30. The fraction of sp³-hybridized carbons (Fsp3) is 0.267. The smallest absolute Gasteiger partial charge is 0.465 e. The van der Waals surface area contributed by atoms with Gasteiger partial charge in [-0.3, -0.25) is 0 Å². The maximum absolute atomic E-state index is 14.1. The van der Waals surface area contributed by atoms with E-state index in [1.165, 1.54) is 0 Å². The first-order valence-corrected chi connectivity index (χ1v) is 13.0. The number of esters is 2. The minimum Gasteiger partial charge on any atom is -0.465 e. The molecule has 226 valence electrons. The van der Waals surface area contributed by atoms with Gasteiger partial charge in [0.05, 0.1) is 25.4 Å². The Labute approximate surface area is 245 Å². The first-order valence-electron chi connectivity index (χ1n) is 13.0. The molecule has 0 spiro atoms. The summed E-state index contributed by atoms with van der Waals surface area (Å²) in [7, 11) is 1.52. The predicted molar refractivity (Wildman–Crippen MR) is 151 cm³/mol. The molecular weight excluding hydrogens is 571 g/mol. The number of carbonyl (C=O) groups excluding carboxylic acids is 2. The highest BCUT2D eigenvalue weighted by atomic mass is 19.1. The van der Waals surface area contributed by atoms with Crippen molar-refractivity contribution >= 4 is 24.7 Å². The molecule has 0 aliphatic carbocycles. The summed E-state index contributed by atoms with van der Waals surface area (Å²) in [5, 5.41) is 0. The van der Waals surface area contributed by atoms with Crippen LogP contribution < -0.4 is 5.59 Å². The molecule has 2 aromatic heterocycles. The molecule has 1 fully saturated rings. The fourth-order valence-corrected chi connectivity index (χ4v) is 4.25. The SMILES string of the molecule is COC(=O)c1c(F)cc(-c2ccc(B3OC(C)(C)C(C)(C)O3)[nH]2)cc1F.COC(=O)c1c(F)cc(-c2ccc[nH]2)cc1F. The molecule has 3 heterocycles. The van der Waals surface area contributed by atoms with Crippen LogP contribution in [0.5, 0.6) is 0 Å². The Morgan fingerprint density at radius 2 is 1.16 bits per heavy atom. The van der Waals surface area contributed by atoms with Crippen molar-refractivity contribution in [2.45, 2.75) is 38.9 Å². The molecule has 1 saturated heterocycles. The molecule has 5 rings (SSSR count). The van der Waals surface area contributed by atoms with Crippen molar-refractivity contribution in [1.29, 1.82) is 0 Å². The zero-order valence-corrected chi connectivity index (χ0v) is 24.2. The number of aromatic nitrogens is 2. The van der Waals surface area contributed by atoms with Gasteiger partial charge >= 0.3 is 19.1 Å². The first-order chi connectivity index (χ1) is 20.2. The van der Waals surface area contributed by atoms with Crippen LogP contribution in [0.3, 0.4) is 0 Å². The van der Waals surface area contributed by atoms with E-state index in [-0.39, 0.29) is 5.56 Å². The average molecular weight is 600 g/mol. The molecule has 2 N–H and O–H groups in total. The van der Waals surface area contributed by atoms with Crippen molar-refractivity contribution in [1.82, 2.24) is 9.97 Å². The van der Waals surface area contributed by atoms with Gasteiger partial charge in [-0.2, -0.15) is 0 Å². The maximum Gasteiger partial charge on any atom is 0.512 e. The Balaban J connectivity index is 0.000000215. The van der Waals surface area contributed by atoms with Crippen LogP contribution in [0.1, 0.15) is 48.4 Å². The summed E-state index contributed by atoms with van der Waals surface area (Å²) in [5.41, 5.74) is -0.114. The molecule has 4 aromatic rings. The first kappa shape index (κ1) is 31.6. The molecule has 0 bridgehead atoms. The van der Waals surface area contributed by atoms with Gasteiger partial charge in [-0.05, 0) is 76.2 Å². The Bertz CT molecular complexity index is 1590. The average Bonchev–Trinajstić information content (AvgIpc) is 3.68. The second kappa shape index (κ2) is 12.1. The van der Waals surface area contributed by atoms with E-state index in [0.717, 1.165) is 38.5 Å². The van der Waals surface area contributed by atoms with E-state index in [9.17, 15) is 27.2 Å². The normalized spacial score (nSPS) is 15.1. The van der Waals surface area contributed by atoms with Crippen LogP contribution in [0.15, 0.2) is 54.7 Å². The summed E-state index contributed by atoms with van der Waals surface area (Å²) in [4.78, 5) is 28.5. The van der Waals surface area contributed by atoms with E-state index >= 15 is 0 Å². The lowest BCUT2D eigenvalue weighted by Crippen LogP contribution is -2.41. The molecular formula is C30H29BF4N2O6. The van der Waals surface area contributed by atoms with Crippen LogP contribution in [0.2, 0.25) is 0 Å². The lowest BCUT2D eigenvalue weighted by molar-refractivity contribution is 0.00578. The summed E-state index contributed by atoms with van der Waals surface area (Å²) >= 11 is 0. The Morgan fingerprint density at radius 1 is 0.721 bits per heavy atom. The van der Waals surface area contributed by atoms with Crippen molar-refractivity contribution in [2.24, 2.45) is 0 Å². The summed E-state index contributed by atoms with van der Waals surface area (Å²) in [6, 6.07) is 11.1. The number of hydrogen-bond acceptors (Lipinski definition) is 6. The molecule has 0 radical (unpaired) electrons. The number of aromatic amines is 2. The van der Waals surface area contributed by atoms with Gasteiger partial charge in [0.15, 0.2) is 0 Å². The number of benzene rings is 2. The van der Waals surface area contributed by atoms with Crippen LogP contribution >= 0.6 is 0 Å². The minimum atomic E-state index is -1.06. The van der Waals surface area contributed by atoms with Crippen LogP contribution in [0, 0.1) is 23.3 Å². The summed E-state index contributed by atoms with van der Waals surface area (Å²) in [6.45, 7) is 7.75. The Hall–Kier alpha value is -4.36. The van der Waals surface area contributed by atoms with Gasteiger partial charge in [-0.25, -0.2) is 27.2 Å². The van der Waals surface area contributed by atoms with Gasteiger partial charge in [0.1, 0.15) is 34.4 Å². The summed E-state index contributed by atoms with van der Waals surface area (Å²) in [6.07, 6.45) is 1.64. The number of carbonyl (C=O) groups is 2. The lowest BCUT2D eigenvalue weighted by Gasteiger charge is -2.32. The van der Waals surface area contributed by atoms with Gasteiger partial charge in [0.25, 0.3) is 0 Å². The quantitative estimate of drug-likeness (QED) is 0.171. The van der Waals surface area contributed by atoms with Crippen molar-refractivity contribution in [2.75, 3.05) is 14.2 Å². The predicted octanol–water partition coefficient (Wildman–Crippen LogP) is 5.79. The molecule has 0 amide bonds. The standard InChI is InChI=1S/C18H20BF2NO4.C12H9F2NO2/c1-17(2)18(3,4)26-19(25-17)14-7-6-13(22-14)10-8-11(20)15(12(21)9-10)16(23)24-5;1-17-12(16)11-8(13)5-7(6-9(11)14)10-3-2-4-15-10/h6-9,22H,1-5H3;2-6,15H,1H3. The van der Waals surface area contributed by atoms with Gasteiger partial charge < -0.3 is 28.8 Å². The highest BCUT2D eigenvalue weighted by Gasteiger charge is 2.52.